The second kappa shape index (κ2) is 11.6. The Morgan fingerprint density at radius 3 is 2.11 bits per heavy atom. The van der Waals surface area contributed by atoms with Gasteiger partial charge in [-0.3, -0.25) is 9.59 Å². The van der Waals surface area contributed by atoms with E-state index in [1.54, 1.807) is 38.3 Å². The maximum atomic E-state index is 11.9. The molecule has 0 saturated heterocycles. The summed E-state index contributed by atoms with van der Waals surface area (Å²) in [5.41, 5.74) is 0.809. The molecule has 1 N–H and O–H groups in total. The molecule has 9 nitrogen and oxygen atoms in total. The minimum atomic E-state index is -1.02. The normalized spacial score (nSPS) is 13.8. The third kappa shape index (κ3) is 5.79. The summed E-state index contributed by atoms with van der Waals surface area (Å²) in [6, 6.07) is 6.62. The molecular formula is C24H22Br2O9. The molecule has 0 spiro atoms. The summed E-state index contributed by atoms with van der Waals surface area (Å²) in [6.45, 7) is 1.92. The monoisotopic (exact) mass is 612 g/mol. The molecule has 0 radical (unpaired) electrons. The van der Waals surface area contributed by atoms with E-state index < -0.39 is 11.8 Å². The van der Waals surface area contributed by atoms with Crippen LogP contribution in [0.1, 0.15) is 29.3 Å². The second-order valence-electron chi connectivity index (χ2n) is 7.15. The van der Waals surface area contributed by atoms with Gasteiger partial charge >= 0.3 is 5.97 Å². The molecule has 0 aromatic heterocycles. The number of benzene rings is 2. The van der Waals surface area contributed by atoms with E-state index in [1.807, 2.05) is 0 Å². The summed E-state index contributed by atoms with van der Waals surface area (Å²) >= 11 is 6.61. The topological polar surface area (TPSA) is 118 Å². The first kappa shape index (κ1) is 26.6. The quantitative estimate of drug-likeness (QED) is 0.379. The third-order valence-electron chi connectivity index (χ3n) is 5.04. The second-order valence-corrected chi connectivity index (χ2v) is 8.86. The number of rotatable bonds is 5. The highest BCUT2D eigenvalue weighted by Gasteiger charge is 2.30. The van der Waals surface area contributed by atoms with Crippen molar-refractivity contribution in [3.05, 3.63) is 49.9 Å². The number of hydrogen-bond acceptors (Lipinski definition) is 9. The lowest BCUT2D eigenvalue weighted by molar-refractivity contribution is -0.152. The summed E-state index contributed by atoms with van der Waals surface area (Å²) in [5, 5.41) is 10.2. The van der Waals surface area contributed by atoms with Crippen molar-refractivity contribution in [2.24, 2.45) is 0 Å². The Balaban J connectivity index is 0.000000211. The zero-order valence-electron chi connectivity index (χ0n) is 19.1. The lowest BCUT2D eigenvalue weighted by Gasteiger charge is -2.20. The summed E-state index contributed by atoms with van der Waals surface area (Å²) in [6.07, 6.45) is 0.450. The minimum absolute atomic E-state index is 0.0821. The van der Waals surface area contributed by atoms with Crippen LogP contribution in [0.3, 0.4) is 0 Å². The van der Waals surface area contributed by atoms with Crippen LogP contribution in [0.25, 0.3) is 5.76 Å². The Bertz CT molecular complexity index is 1200. The van der Waals surface area contributed by atoms with Gasteiger partial charge in [0.25, 0.3) is 5.78 Å². The number of halogens is 2. The third-order valence-corrected chi connectivity index (χ3v) is 6.28. The highest BCUT2D eigenvalue weighted by molar-refractivity contribution is 9.10. The van der Waals surface area contributed by atoms with Crippen molar-refractivity contribution in [1.29, 1.82) is 0 Å². The molecule has 2 aliphatic rings. The van der Waals surface area contributed by atoms with Gasteiger partial charge in [-0.1, -0.05) is 0 Å². The van der Waals surface area contributed by atoms with Crippen molar-refractivity contribution in [1.82, 2.24) is 0 Å². The first-order valence-electron chi connectivity index (χ1n) is 10.4. The van der Waals surface area contributed by atoms with Crippen LogP contribution >= 0.6 is 31.9 Å². The highest BCUT2D eigenvalue weighted by Crippen LogP contribution is 2.39. The molecule has 186 valence electrons. The lowest BCUT2D eigenvalue weighted by atomic mass is 10.0. The van der Waals surface area contributed by atoms with Crippen molar-refractivity contribution >= 4 is 55.2 Å². The van der Waals surface area contributed by atoms with E-state index >= 15 is 0 Å². The first-order chi connectivity index (χ1) is 16.7. The van der Waals surface area contributed by atoms with Gasteiger partial charge < -0.3 is 28.8 Å². The van der Waals surface area contributed by atoms with Gasteiger partial charge in [0, 0.05) is 18.6 Å². The average molecular weight is 614 g/mol. The average Bonchev–Trinajstić information content (AvgIpc) is 2.84. The molecule has 11 heteroatoms. The molecule has 0 aliphatic carbocycles. The van der Waals surface area contributed by atoms with E-state index in [1.165, 1.54) is 7.11 Å². The van der Waals surface area contributed by atoms with Crippen LogP contribution in [0.4, 0.5) is 0 Å². The number of esters is 1. The minimum Gasteiger partial charge on any atom is -0.507 e. The number of Topliss-reactive ketones (excluding diaryl/α,β-unsaturated/α-hetero) is 2. The van der Waals surface area contributed by atoms with E-state index in [2.05, 4.69) is 36.6 Å². The molecule has 0 fully saturated rings. The van der Waals surface area contributed by atoms with E-state index in [9.17, 15) is 19.5 Å². The van der Waals surface area contributed by atoms with E-state index in [4.69, 9.17) is 18.9 Å². The summed E-state index contributed by atoms with van der Waals surface area (Å²) in [7, 11) is 3.08. The molecule has 0 unspecified atom stereocenters. The van der Waals surface area contributed by atoms with Gasteiger partial charge in [0.05, 0.1) is 53.1 Å². The number of hydrogen-bond donors (Lipinski definition) is 1. The van der Waals surface area contributed by atoms with Crippen LogP contribution in [0.5, 0.6) is 23.0 Å². The summed E-state index contributed by atoms with van der Waals surface area (Å²) < 4.78 is 27.0. The van der Waals surface area contributed by atoms with Gasteiger partial charge in [-0.15, -0.1) is 0 Å². The largest absolute Gasteiger partial charge is 0.507 e. The van der Waals surface area contributed by atoms with E-state index in [0.717, 1.165) is 4.47 Å². The fraction of sp³-hybridized carbons (Fsp3) is 0.292. The lowest BCUT2D eigenvalue weighted by Crippen LogP contribution is -2.26. The number of carbonyl (C=O) groups excluding carboxylic acids is 3. The van der Waals surface area contributed by atoms with Gasteiger partial charge in [0.15, 0.2) is 5.78 Å². The van der Waals surface area contributed by atoms with Crippen LogP contribution < -0.4 is 18.9 Å². The summed E-state index contributed by atoms with van der Waals surface area (Å²) in [4.78, 5) is 34.9. The Hall–Kier alpha value is -3.05. The van der Waals surface area contributed by atoms with E-state index in [-0.39, 0.29) is 30.3 Å². The Morgan fingerprint density at radius 2 is 1.54 bits per heavy atom. The van der Waals surface area contributed by atoms with Crippen LogP contribution in [0.15, 0.2) is 38.8 Å². The van der Waals surface area contributed by atoms with Crippen LogP contribution in [0, 0.1) is 0 Å². The molecule has 0 saturated carbocycles. The van der Waals surface area contributed by atoms with Crippen molar-refractivity contribution in [2.45, 2.75) is 13.3 Å². The van der Waals surface area contributed by atoms with Gasteiger partial charge in [-0.05, 0) is 50.9 Å². The number of ether oxygens (including phenoxy) is 5. The molecule has 0 amide bonds. The van der Waals surface area contributed by atoms with Gasteiger partial charge in [0.2, 0.25) is 0 Å². The van der Waals surface area contributed by atoms with Gasteiger partial charge in [-0.2, -0.15) is 0 Å². The zero-order valence-corrected chi connectivity index (χ0v) is 22.3. The molecule has 2 aromatic rings. The smallest absolute Gasteiger partial charge is 0.379 e. The Morgan fingerprint density at radius 1 is 0.971 bits per heavy atom. The zero-order chi connectivity index (χ0) is 25.7. The molecule has 2 aromatic carbocycles. The Kier molecular flexibility index (Phi) is 8.79. The molecular weight excluding hydrogens is 592 g/mol. The number of aliphatic hydroxyl groups excluding tert-OH is 1. The standard InChI is InChI=1S/C14H13BrO6.C10H9BrO3/c1-3-20-14(18)13(17)8-6-21-10-5-11(19-2)9(15)4-7(10)12(8)16;1-13-10-5-9-6(4-7(10)11)8(12)2-3-14-9/h4-5,16H,3,6H2,1-2H3;4-5H,2-3H2,1H3. The van der Waals surface area contributed by atoms with Crippen LogP contribution in [0.2, 0.25) is 0 Å². The molecule has 35 heavy (non-hydrogen) atoms. The number of carbonyl (C=O) groups is 3. The summed E-state index contributed by atoms with van der Waals surface area (Å²) in [5.74, 6) is 0.0901. The number of aliphatic hydroxyl groups is 1. The van der Waals surface area contributed by atoms with Crippen molar-refractivity contribution in [3.63, 3.8) is 0 Å². The van der Waals surface area contributed by atoms with Crippen LogP contribution in [-0.2, 0) is 14.3 Å². The van der Waals surface area contributed by atoms with Crippen molar-refractivity contribution in [3.8, 4) is 23.0 Å². The Labute approximate surface area is 218 Å². The molecule has 0 atom stereocenters. The predicted molar refractivity (Wildman–Crippen MR) is 133 cm³/mol. The number of fused-ring (bicyclic) bond motifs is 2. The fourth-order valence-electron chi connectivity index (χ4n) is 3.29. The van der Waals surface area contributed by atoms with Crippen molar-refractivity contribution < 1.29 is 43.2 Å². The fourth-order valence-corrected chi connectivity index (χ4v) is 4.30. The molecule has 2 aliphatic heterocycles. The SMILES string of the molecule is CCOC(=O)C(=O)C1=C(O)c2cc(Br)c(OC)cc2OC1.COc1cc2c(cc1Br)C(=O)CCO2. The molecule has 2 heterocycles. The molecule has 4 rings (SSSR count). The van der Waals surface area contributed by atoms with E-state index in [0.29, 0.717) is 51.6 Å². The number of ketones is 2. The maximum Gasteiger partial charge on any atom is 0.379 e. The predicted octanol–water partition coefficient (Wildman–Crippen LogP) is 4.67. The molecule has 0 bridgehead atoms. The number of methoxy groups -OCH3 is 2. The van der Waals surface area contributed by atoms with Gasteiger partial charge in [0.1, 0.15) is 35.4 Å². The van der Waals surface area contributed by atoms with Gasteiger partial charge in [-0.25, -0.2) is 4.79 Å². The maximum absolute atomic E-state index is 11.9. The van der Waals surface area contributed by atoms with Crippen molar-refractivity contribution in [2.75, 3.05) is 34.0 Å². The highest BCUT2D eigenvalue weighted by atomic mass is 79.9. The van der Waals surface area contributed by atoms with Crippen LogP contribution in [-0.4, -0.2) is 56.7 Å². The first-order valence-corrected chi connectivity index (χ1v) is 12.0.